The van der Waals surface area contributed by atoms with Gasteiger partial charge in [0.15, 0.2) is 5.65 Å². The standard InChI is InChI=1S/C12H15N3O3/c1-7(6-11(16)17)5-9-13-8-3-4-10(18-2)15-12(8)14-9/h3-4,7H,5-6H2,1-2H3,(H,16,17)(H,13,14,15). The molecule has 96 valence electrons. The molecule has 0 aliphatic carbocycles. The molecule has 6 heteroatoms. The van der Waals surface area contributed by atoms with Gasteiger partial charge in [-0.15, -0.1) is 0 Å². The van der Waals surface area contributed by atoms with Gasteiger partial charge in [0, 0.05) is 18.9 Å². The molecule has 0 saturated carbocycles. The van der Waals surface area contributed by atoms with Crippen molar-refractivity contribution in [2.45, 2.75) is 19.8 Å². The molecule has 0 fully saturated rings. The maximum Gasteiger partial charge on any atom is 0.303 e. The van der Waals surface area contributed by atoms with Crippen molar-refractivity contribution < 1.29 is 14.6 Å². The van der Waals surface area contributed by atoms with E-state index in [0.717, 1.165) is 11.3 Å². The summed E-state index contributed by atoms with van der Waals surface area (Å²) in [4.78, 5) is 22.3. The van der Waals surface area contributed by atoms with Crippen LogP contribution in [0, 0.1) is 5.92 Å². The second kappa shape index (κ2) is 5.03. The molecule has 0 aliphatic heterocycles. The van der Waals surface area contributed by atoms with E-state index in [1.807, 2.05) is 13.0 Å². The van der Waals surface area contributed by atoms with Gasteiger partial charge in [-0.3, -0.25) is 4.79 Å². The van der Waals surface area contributed by atoms with Gasteiger partial charge < -0.3 is 14.8 Å². The van der Waals surface area contributed by atoms with Crippen molar-refractivity contribution in [3.05, 3.63) is 18.0 Å². The molecule has 1 unspecified atom stereocenters. The third-order valence-electron chi connectivity index (χ3n) is 2.64. The number of pyridine rings is 1. The van der Waals surface area contributed by atoms with Crippen LogP contribution in [0.25, 0.3) is 11.2 Å². The number of aliphatic carboxylic acids is 1. The van der Waals surface area contributed by atoms with E-state index in [2.05, 4.69) is 15.0 Å². The van der Waals surface area contributed by atoms with Crippen molar-refractivity contribution >= 4 is 17.1 Å². The molecule has 0 bridgehead atoms. The van der Waals surface area contributed by atoms with Gasteiger partial charge in [-0.1, -0.05) is 6.92 Å². The van der Waals surface area contributed by atoms with Crippen LogP contribution in [-0.2, 0) is 11.2 Å². The van der Waals surface area contributed by atoms with Gasteiger partial charge in [0.2, 0.25) is 5.88 Å². The Hall–Kier alpha value is -2.11. The number of imidazole rings is 1. The van der Waals surface area contributed by atoms with E-state index in [-0.39, 0.29) is 12.3 Å². The molecule has 6 nitrogen and oxygen atoms in total. The van der Waals surface area contributed by atoms with Crippen LogP contribution < -0.4 is 4.74 Å². The number of aromatic nitrogens is 3. The number of H-pyrrole nitrogens is 1. The minimum Gasteiger partial charge on any atom is -0.481 e. The van der Waals surface area contributed by atoms with Crippen molar-refractivity contribution in [2.24, 2.45) is 5.92 Å². The lowest BCUT2D eigenvalue weighted by molar-refractivity contribution is -0.137. The number of aromatic amines is 1. The second-order valence-corrected chi connectivity index (χ2v) is 4.32. The maximum atomic E-state index is 10.6. The smallest absolute Gasteiger partial charge is 0.303 e. The van der Waals surface area contributed by atoms with E-state index in [1.54, 1.807) is 13.2 Å². The predicted molar refractivity (Wildman–Crippen MR) is 65.6 cm³/mol. The van der Waals surface area contributed by atoms with E-state index in [1.165, 1.54) is 0 Å². The molecule has 2 N–H and O–H groups in total. The van der Waals surface area contributed by atoms with Gasteiger partial charge in [0.1, 0.15) is 5.82 Å². The lowest BCUT2D eigenvalue weighted by atomic mass is 10.0. The number of ether oxygens (including phenoxy) is 1. The highest BCUT2D eigenvalue weighted by Gasteiger charge is 2.12. The van der Waals surface area contributed by atoms with E-state index >= 15 is 0 Å². The van der Waals surface area contributed by atoms with Crippen LogP contribution in [0.15, 0.2) is 12.1 Å². The Labute approximate surface area is 104 Å². The van der Waals surface area contributed by atoms with Gasteiger partial charge in [0.25, 0.3) is 0 Å². The Morgan fingerprint density at radius 2 is 2.28 bits per heavy atom. The average Bonchev–Trinajstić information content (AvgIpc) is 2.68. The predicted octanol–water partition coefficient (Wildman–Crippen LogP) is 1.62. The highest BCUT2D eigenvalue weighted by Crippen LogP contribution is 2.16. The fraction of sp³-hybridized carbons (Fsp3) is 0.417. The van der Waals surface area contributed by atoms with Crippen molar-refractivity contribution in [3.8, 4) is 5.88 Å². The molecular formula is C12H15N3O3. The summed E-state index contributed by atoms with van der Waals surface area (Å²) in [5.41, 5.74) is 1.42. The summed E-state index contributed by atoms with van der Waals surface area (Å²) >= 11 is 0. The SMILES string of the molecule is COc1ccc2[nH]c(CC(C)CC(=O)O)nc2n1. The molecule has 1 atom stereocenters. The molecule has 0 aliphatic rings. The van der Waals surface area contributed by atoms with Crippen LogP contribution in [-0.4, -0.2) is 33.1 Å². The molecule has 2 heterocycles. The summed E-state index contributed by atoms with van der Waals surface area (Å²) in [5, 5.41) is 8.71. The third-order valence-corrected chi connectivity index (χ3v) is 2.64. The zero-order valence-electron chi connectivity index (χ0n) is 10.3. The molecule has 0 amide bonds. The molecule has 0 saturated heterocycles. The second-order valence-electron chi connectivity index (χ2n) is 4.32. The minimum absolute atomic E-state index is 0.0324. The number of hydrogen-bond acceptors (Lipinski definition) is 4. The largest absolute Gasteiger partial charge is 0.481 e. The van der Waals surface area contributed by atoms with Gasteiger partial charge >= 0.3 is 5.97 Å². The summed E-state index contributed by atoms with van der Waals surface area (Å²) in [6.45, 7) is 1.88. The first-order chi connectivity index (χ1) is 8.58. The van der Waals surface area contributed by atoms with Crippen LogP contribution in [0.4, 0.5) is 0 Å². The highest BCUT2D eigenvalue weighted by atomic mass is 16.5. The Kier molecular flexibility index (Phi) is 3.45. The monoisotopic (exact) mass is 249 g/mol. The van der Waals surface area contributed by atoms with Crippen LogP contribution >= 0.6 is 0 Å². The topological polar surface area (TPSA) is 88.1 Å². The van der Waals surface area contributed by atoms with E-state index in [4.69, 9.17) is 9.84 Å². The number of hydrogen-bond donors (Lipinski definition) is 2. The summed E-state index contributed by atoms with van der Waals surface area (Å²) < 4.78 is 5.02. The number of nitrogens with one attached hydrogen (secondary N) is 1. The Morgan fingerprint density at radius 1 is 1.50 bits per heavy atom. The Morgan fingerprint density at radius 3 is 2.94 bits per heavy atom. The summed E-state index contributed by atoms with van der Waals surface area (Å²) in [6.07, 6.45) is 0.721. The maximum absolute atomic E-state index is 10.6. The Balaban J connectivity index is 2.17. The zero-order chi connectivity index (χ0) is 13.1. The van der Waals surface area contributed by atoms with Crippen LogP contribution in [0.5, 0.6) is 5.88 Å². The van der Waals surface area contributed by atoms with Gasteiger partial charge in [-0.05, 0) is 12.0 Å². The lowest BCUT2D eigenvalue weighted by Crippen LogP contribution is -2.07. The summed E-state index contributed by atoms with van der Waals surface area (Å²) in [7, 11) is 1.55. The highest BCUT2D eigenvalue weighted by molar-refractivity contribution is 5.71. The molecule has 2 aromatic rings. The van der Waals surface area contributed by atoms with Crippen molar-refractivity contribution in [2.75, 3.05) is 7.11 Å². The van der Waals surface area contributed by atoms with E-state index in [9.17, 15) is 4.79 Å². The quantitative estimate of drug-likeness (QED) is 0.840. The average molecular weight is 249 g/mol. The minimum atomic E-state index is -0.793. The molecule has 18 heavy (non-hydrogen) atoms. The number of fused-ring (bicyclic) bond motifs is 1. The fourth-order valence-electron chi connectivity index (χ4n) is 1.84. The Bertz CT molecular complexity index is 565. The first-order valence-corrected chi connectivity index (χ1v) is 5.70. The normalized spacial score (nSPS) is 12.6. The molecular weight excluding hydrogens is 234 g/mol. The summed E-state index contributed by atoms with van der Waals surface area (Å²) in [5.74, 6) is 0.502. The van der Waals surface area contributed by atoms with Crippen LogP contribution in [0.2, 0.25) is 0 Å². The third kappa shape index (κ3) is 2.77. The van der Waals surface area contributed by atoms with Crippen molar-refractivity contribution in [1.82, 2.24) is 15.0 Å². The summed E-state index contributed by atoms with van der Waals surface area (Å²) in [6, 6.07) is 3.60. The molecule has 2 aromatic heterocycles. The molecule has 0 aromatic carbocycles. The van der Waals surface area contributed by atoms with E-state index < -0.39 is 5.97 Å². The zero-order valence-corrected chi connectivity index (χ0v) is 10.3. The molecule has 2 rings (SSSR count). The van der Waals surface area contributed by atoms with Gasteiger partial charge in [-0.25, -0.2) is 4.98 Å². The number of carboxylic acids is 1. The number of nitrogens with zero attached hydrogens (tertiary/aromatic N) is 2. The first-order valence-electron chi connectivity index (χ1n) is 5.70. The number of carboxylic acid groups (broad SMARTS) is 1. The molecule has 0 radical (unpaired) electrons. The van der Waals surface area contributed by atoms with Crippen molar-refractivity contribution in [1.29, 1.82) is 0 Å². The molecule has 0 spiro atoms. The number of rotatable bonds is 5. The van der Waals surface area contributed by atoms with Gasteiger partial charge in [-0.2, -0.15) is 4.98 Å². The van der Waals surface area contributed by atoms with E-state index in [0.29, 0.717) is 17.9 Å². The number of methoxy groups -OCH3 is 1. The fourth-order valence-corrected chi connectivity index (χ4v) is 1.84. The van der Waals surface area contributed by atoms with Crippen LogP contribution in [0.3, 0.4) is 0 Å². The lowest BCUT2D eigenvalue weighted by Gasteiger charge is -2.04. The van der Waals surface area contributed by atoms with Gasteiger partial charge in [0.05, 0.1) is 12.6 Å². The van der Waals surface area contributed by atoms with Crippen molar-refractivity contribution in [3.63, 3.8) is 0 Å². The first kappa shape index (κ1) is 12.3. The number of carbonyl (C=O) groups is 1. The van der Waals surface area contributed by atoms with Crippen LogP contribution in [0.1, 0.15) is 19.2 Å².